The first kappa shape index (κ1) is 12.7. The molecule has 0 spiro atoms. The zero-order valence-corrected chi connectivity index (χ0v) is 12.1. The lowest BCUT2D eigenvalue weighted by atomic mass is 10.3. The number of aromatic nitrogens is 2. The first-order chi connectivity index (χ1) is 8.06. The molecule has 0 unspecified atom stereocenters. The normalized spacial score (nSPS) is 10.4. The van der Waals surface area contributed by atoms with Gasteiger partial charge in [-0.15, -0.1) is 0 Å². The lowest BCUT2D eigenvalue weighted by Gasteiger charge is -2.08. The summed E-state index contributed by atoms with van der Waals surface area (Å²) in [7, 11) is 0. The molecule has 7 heteroatoms. The predicted molar refractivity (Wildman–Crippen MR) is 72.1 cm³/mol. The molecule has 1 aromatic heterocycles. The van der Waals surface area contributed by atoms with Crippen molar-refractivity contribution in [3.05, 3.63) is 44.4 Å². The summed E-state index contributed by atoms with van der Waals surface area (Å²) in [5, 5.41) is 2.92. The fourth-order valence-corrected chi connectivity index (χ4v) is 1.91. The van der Waals surface area contributed by atoms with Crippen LogP contribution in [0.2, 0.25) is 5.28 Å². The van der Waals surface area contributed by atoms with Crippen LogP contribution in [-0.2, 0) is 0 Å². The van der Waals surface area contributed by atoms with E-state index in [1.807, 2.05) is 0 Å². The monoisotopic (exact) mass is 379 g/mol. The second kappa shape index (κ2) is 5.29. The highest BCUT2D eigenvalue weighted by Crippen LogP contribution is 2.27. The number of halogens is 4. The molecule has 0 aliphatic rings. The molecule has 0 fully saturated rings. The largest absolute Gasteiger partial charge is 0.337 e. The molecule has 17 heavy (non-hydrogen) atoms. The Morgan fingerprint density at radius 1 is 1.29 bits per heavy atom. The molecule has 0 aliphatic carbocycles. The minimum absolute atomic E-state index is 0.0909. The van der Waals surface area contributed by atoms with E-state index in [0.29, 0.717) is 20.5 Å². The van der Waals surface area contributed by atoms with Gasteiger partial charge in [-0.1, -0.05) is 15.9 Å². The third kappa shape index (κ3) is 3.14. The number of hydrogen-bond acceptors (Lipinski definition) is 3. The van der Waals surface area contributed by atoms with Crippen LogP contribution < -0.4 is 5.32 Å². The molecule has 0 saturated carbocycles. The van der Waals surface area contributed by atoms with Crippen molar-refractivity contribution in [2.24, 2.45) is 0 Å². The van der Waals surface area contributed by atoms with Crippen molar-refractivity contribution >= 4 is 55.0 Å². The Labute approximate surface area is 119 Å². The maximum absolute atomic E-state index is 13.6. The Hall–Kier alpha value is -0.720. The minimum Gasteiger partial charge on any atom is -0.337 e. The van der Waals surface area contributed by atoms with Crippen molar-refractivity contribution in [1.29, 1.82) is 0 Å². The Morgan fingerprint density at radius 3 is 2.76 bits per heavy atom. The molecule has 1 aromatic carbocycles. The highest BCUT2D eigenvalue weighted by atomic mass is 79.9. The summed E-state index contributed by atoms with van der Waals surface area (Å²) in [5.74, 6) is 0.0206. The van der Waals surface area contributed by atoms with E-state index >= 15 is 0 Å². The number of nitrogens with zero attached hydrogens (tertiary/aromatic N) is 2. The summed E-state index contributed by atoms with van der Waals surface area (Å²) in [5.41, 5.74) is 0.309. The highest BCUT2D eigenvalue weighted by Gasteiger charge is 2.07. The molecular formula is C10H5Br2ClFN3. The maximum Gasteiger partial charge on any atom is 0.224 e. The molecule has 1 N–H and O–H groups in total. The number of anilines is 2. The Kier molecular flexibility index (Phi) is 3.96. The summed E-state index contributed by atoms with van der Waals surface area (Å²) in [6.45, 7) is 0. The third-order valence-corrected chi connectivity index (χ3v) is 3.15. The van der Waals surface area contributed by atoms with E-state index in [-0.39, 0.29) is 11.1 Å². The Bertz CT molecular complexity index is 565. The van der Waals surface area contributed by atoms with Crippen molar-refractivity contribution in [2.45, 2.75) is 0 Å². The van der Waals surface area contributed by atoms with Gasteiger partial charge in [-0.3, -0.25) is 0 Å². The number of nitrogens with one attached hydrogen (secondary N) is 1. The summed E-state index contributed by atoms with van der Waals surface area (Å²) in [4.78, 5) is 7.73. The van der Waals surface area contributed by atoms with Gasteiger partial charge in [0, 0.05) is 10.7 Å². The van der Waals surface area contributed by atoms with E-state index < -0.39 is 0 Å². The average molecular weight is 381 g/mol. The van der Waals surface area contributed by atoms with Crippen LogP contribution in [0.4, 0.5) is 15.9 Å². The molecule has 0 bridgehead atoms. The van der Waals surface area contributed by atoms with E-state index in [2.05, 4.69) is 47.1 Å². The Morgan fingerprint density at radius 2 is 2.06 bits per heavy atom. The van der Waals surface area contributed by atoms with Gasteiger partial charge in [0.25, 0.3) is 0 Å². The quantitative estimate of drug-likeness (QED) is 0.777. The first-order valence-electron chi connectivity index (χ1n) is 4.46. The fraction of sp³-hybridized carbons (Fsp3) is 0. The SMILES string of the molecule is Fc1cc(Br)ccc1Nc1nc(Cl)ncc1Br. The standard InChI is InChI=1S/C10H5Br2ClFN3/c11-5-1-2-8(7(14)3-5)16-9-6(12)4-15-10(13)17-9/h1-4H,(H,15,16,17). The van der Waals surface area contributed by atoms with Gasteiger partial charge >= 0.3 is 0 Å². The van der Waals surface area contributed by atoms with Gasteiger partial charge in [-0.2, -0.15) is 4.98 Å². The molecule has 0 amide bonds. The van der Waals surface area contributed by atoms with Gasteiger partial charge < -0.3 is 5.32 Å². The summed E-state index contributed by atoms with van der Waals surface area (Å²) < 4.78 is 14.9. The van der Waals surface area contributed by atoms with Crippen molar-refractivity contribution in [1.82, 2.24) is 9.97 Å². The molecule has 2 aromatic rings. The summed E-state index contributed by atoms with van der Waals surface area (Å²) in [6, 6.07) is 4.68. The van der Waals surface area contributed by atoms with Gasteiger partial charge in [-0.25, -0.2) is 9.37 Å². The van der Waals surface area contributed by atoms with Crippen LogP contribution in [-0.4, -0.2) is 9.97 Å². The van der Waals surface area contributed by atoms with E-state index in [0.717, 1.165) is 0 Å². The molecule has 0 saturated heterocycles. The van der Waals surface area contributed by atoms with E-state index in [4.69, 9.17) is 11.6 Å². The van der Waals surface area contributed by atoms with E-state index in [9.17, 15) is 4.39 Å². The van der Waals surface area contributed by atoms with Gasteiger partial charge in [0.1, 0.15) is 11.6 Å². The predicted octanol–water partition coefficient (Wildman–Crippen LogP) is 4.54. The molecule has 88 valence electrons. The second-order valence-electron chi connectivity index (χ2n) is 3.08. The van der Waals surface area contributed by atoms with Gasteiger partial charge in [0.05, 0.1) is 10.2 Å². The van der Waals surface area contributed by atoms with Crippen molar-refractivity contribution < 1.29 is 4.39 Å². The van der Waals surface area contributed by atoms with Crippen molar-refractivity contribution in [3.63, 3.8) is 0 Å². The minimum atomic E-state index is -0.388. The fourth-order valence-electron chi connectivity index (χ4n) is 1.15. The summed E-state index contributed by atoms with van der Waals surface area (Å²) >= 11 is 12.1. The van der Waals surface area contributed by atoms with Crippen LogP contribution in [0.5, 0.6) is 0 Å². The van der Waals surface area contributed by atoms with Crippen LogP contribution in [0.3, 0.4) is 0 Å². The van der Waals surface area contributed by atoms with Gasteiger partial charge in [0.15, 0.2) is 0 Å². The van der Waals surface area contributed by atoms with E-state index in [1.165, 1.54) is 12.3 Å². The van der Waals surface area contributed by atoms with E-state index in [1.54, 1.807) is 12.1 Å². The molecular weight excluding hydrogens is 376 g/mol. The molecule has 0 atom stereocenters. The first-order valence-corrected chi connectivity index (χ1v) is 6.43. The van der Waals surface area contributed by atoms with Crippen LogP contribution in [0.15, 0.2) is 33.3 Å². The highest BCUT2D eigenvalue weighted by molar-refractivity contribution is 9.10. The average Bonchev–Trinajstić information content (AvgIpc) is 2.27. The second-order valence-corrected chi connectivity index (χ2v) is 5.19. The molecule has 0 aliphatic heterocycles. The molecule has 0 radical (unpaired) electrons. The summed E-state index contributed by atoms with van der Waals surface area (Å²) in [6.07, 6.45) is 1.49. The number of hydrogen-bond donors (Lipinski definition) is 1. The van der Waals surface area contributed by atoms with Crippen molar-refractivity contribution in [3.8, 4) is 0 Å². The lowest BCUT2D eigenvalue weighted by Crippen LogP contribution is -1.98. The topological polar surface area (TPSA) is 37.8 Å². The maximum atomic E-state index is 13.6. The van der Waals surface area contributed by atoms with Crippen molar-refractivity contribution in [2.75, 3.05) is 5.32 Å². The molecule has 1 heterocycles. The van der Waals surface area contributed by atoms with Crippen LogP contribution in [0.25, 0.3) is 0 Å². The lowest BCUT2D eigenvalue weighted by molar-refractivity contribution is 0.631. The van der Waals surface area contributed by atoms with Crippen LogP contribution in [0, 0.1) is 5.82 Å². The molecule has 3 nitrogen and oxygen atoms in total. The van der Waals surface area contributed by atoms with Crippen LogP contribution >= 0.6 is 43.5 Å². The van der Waals surface area contributed by atoms with Gasteiger partial charge in [-0.05, 0) is 45.7 Å². The zero-order valence-electron chi connectivity index (χ0n) is 8.22. The Balaban J connectivity index is 2.34. The van der Waals surface area contributed by atoms with Crippen LogP contribution in [0.1, 0.15) is 0 Å². The van der Waals surface area contributed by atoms with Gasteiger partial charge in [0.2, 0.25) is 5.28 Å². The molecule has 2 rings (SSSR count). The number of benzene rings is 1. The number of rotatable bonds is 2. The third-order valence-electron chi connectivity index (χ3n) is 1.90. The smallest absolute Gasteiger partial charge is 0.224 e. The zero-order chi connectivity index (χ0) is 12.4.